The van der Waals surface area contributed by atoms with Crippen LogP contribution in [0.15, 0.2) is 0 Å². The van der Waals surface area contributed by atoms with Gasteiger partial charge in [-0.15, -0.1) is 0 Å². The van der Waals surface area contributed by atoms with Crippen molar-refractivity contribution in [1.29, 1.82) is 0 Å². The molecule has 0 bridgehead atoms. The van der Waals surface area contributed by atoms with Gasteiger partial charge in [-0.1, -0.05) is 32.1 Å². The van der Waals surface area contributed by atoms with Crippen molar-refractivity contribution in [1.82, 2.24) is 0 Å². The molecular weight excluding hydrogens is 164 g/mol. The number of esters is 1. The third-order valence-corrected chi connectivity index (χ3v) is 3.50. The molecule has 2 nitrogen and oxygen atoms in total. The number of carbonyl (C=O) groups is 1. The molecule has 0 aromatic carbocycles. The number of carbonyl (C=O) groups excluding carboxylic acids is 1. The van der Waals surface area contributed by atoms with Gasteiger partial charge in [0.15, 0.2) is 0 Å². The van der Waals surface area contributed by atoms with Gasteiger partial charge in [0.05, 0.1) is 6.61 Å². The Morgan fingerprint density at radius 2 is 1.77 bits per heavy atom. The summed E-state index contributed by atoms with van der Waals surface area (Å²) >= 11 is 0. The van der Waals surface area contributed by atoms with Gasteiger partial charge in [-0.3, -0.25) is 4.79 Å². The minimum Gasteiger partial charge on any atom is -0.466 e. The molecule has 0 N–H and O–H groups in total. The molecule has 1 aliphatic heterocycles. The van der Waals surface area contributed by atoms with E-state index in [1.807, 2.05) is 0 Å². The summed E-state index contributed by atoms with van der Waals surface area (Å²) < 4.78 is 4.96. The highest BCUT2D eigenvalue weighted by Gasteiger charge is 2.28. The van der Waals surface area contributed by atoms with Crippen LogP contribution in [0.25, 0.3) is 0 Å². The Morgan fingerprint density at radius 3 is 2.46 bits per heavy atom. The van der Waals surface area contributed by atoms with Crippen LogP contribution in [-0.2, 0) is 9.53 Å². The van der Waals surface area contributed by atoms with Crippen LogP contribution < -0.4 is 0 Å². The Hall–Kier alpha value is -0.530. The van der Waals surface area contributed by atoms with E-state index in [1.165, 1.54) is 32.1 Å². The average molecular weight is 182 g/mol. The van der Waals surface area contributed by atoms with E-state index in [1.54, 1.807) is 0 Å². The lowest BCUT2D eigenvalue weighted by atomic mass is 9.76. The summed E-state index contributed by atoms with van der Waals surface area (Å²) in [5, 5.41) is 0. The van der Waals surface area contributed by atoms with Gasteiger partial charge in [-0.25, -0.2) is 0 Å². The quantitative estimate of drug-likeness (QED) is 0.582. The van der Waals surface area contributed by atoms with Crippen LogP contribution >= 0.6 is 0 Å². The maximum atomic E-state index is 11.1. The highest BCUT2D eigenvalue weighted by molar-refractivity contribution is 5.70. The average Bonchev–Trinajstić information content (AvgIpc) is 2.19. The summed E-state index contributed by atoms with van der Waals surface area (Å²) in [4.78, 5) is 11.1. The van der Waals surface area contributed by atoms with Crippen molar-refractivity contribution >= 4 is 5.97 Å². The first-order valence-corrected chi connectivity index (χ1v) is 5.52. The third-order valence-electron chi connectivity index (χ3n) is 3.50. The lowest BCUT2D eigenvalue weighted by molar-refractivity contribution is -0.150. The van der Waals surface area contributed by atoms with Crippen molar-refractivity contribution < 1.29 is 9.53 Å². The predicted octanol–water partition coefficient (Wildman–Crippen LogP) is 2.52. The van der Waals surface area contributed by atoms with Crippen LogP contribution in [0.4, 0.5) is 0 Å². The molecule has 0 aromatic rings. The molecular formula is C11H18O2. The highest BCUT2D eigenvalue weighted by Crippen LogP contribution is 2.35. The van der Waals surface area contributed by atoms with E-state index in [9.17, 15) is 4.79 Å². The molecule has 1 saturated carbocycles. The number of cyclic esters (lactones) is 1. The highest BCUT2D eigenvalue weighted by atomic mass is 16.5. The summed E-state index contributed by atoms with van der Waals surface area (Å²) in [5.41, 5.74) is 0. The van der Waals surface area contributed by atoms with Crippen molar-refractivity contribution in [2.24, 2.45) is 11.8 Å². The minimum absolute atomic E-state index is 0.0295. The van der Waals surface area contributed by atoms with Crippen LogP contribution in [0.1, 0.15) is 44.9 Å². The molecule has 2 heteroatoms. The molecule has 74 valence electrons. The van der Waals surface area contributed by atoms with Gasteiger partial charge in [0.2, 0.25) is 0 Å². The molecule has 0 spiro atoms. The smallest absolute Gasteiger partial charge is 0.306 e. The molecule has 2 rings (SSSR count). The van der Waals surface area contributed by atoms with Crippen molar-refractivity contribution in [2.45, 2.75) is 44.9 Å². The third kappa shape index (κ3) is 2.23. The van der Waals surface area contributed by atoms with Gasteiger partial charge >= 0.3 is 5.97 Å². The van der Waals surface area contributed by atoms with Gasteiger partial charge in [0, 0.05) is 6.42 Å². The Bertz CT molecular complexity index is 183. The second-order valence-electron chi connectivity index (χ2n) is 4.37. The van der Waals surface area contributed by atoms with E-state index in [-0.39, 0.29) is 5.97 Å². The molecule has 0 amide bonds. The maximum absolute atomic E-state index is 11.1. The molecule has 1 saturated heterocycles. The van der Waals surface area contributed by atoms with Crippen LogP contribution in [0, 0.1) is 11.8 Å². The Balaban J connectivity index is 1.87. The summed E-state index contributed by atoms with van der Waals surface area (Å²) in [5.74, 6) is 1.49. The molecule has 0 radical (unpaired) electrons. The Labute approximate surface area is 79.7 Å². The predicted molar refractivity (Wildman–Crippen MR) is 50.3 cm³/mol. The first-order valence-electron chi connectivity index (χ1n) is 5.52. The number of hydrogen-bond acceptors (Lipinski definition) is 2. The fourth-order valence-electron chi connectivity index (χ4n) is 2.71. The molecule has 1 aliphatic carbocycles. The van der Waals surface area contributed by atoms with Gasteiger partial charge in [0.1, 0.15) is 0 Å². The Morgan fingerprint density at radius 1 is 1.00 bits per heavy atom. The monoisotopic (exact) mass is 182 g/mol. The molecule has 1 heterocycles. The largest absolute Gasteiger partial charge is 0.466 e. The van der Waals surface area contributed by atoms with Crippen LogP contribution in [0.5, 0.6) is 0 Å². The first-order chi connectivity index (χ1) is 6.36. The number of hydrogen-bond donors (Lipinski definition) is 0. The van der Waals surface area contributed by atoms with Crippen molar-refractivity contribution in [2.75, 3.05) is 6.61 Å². The zero-order chi connectivity index (χ0) is 9.10. The van der Waals surface area contributed by atoms with E-state index in [2.05, 4.69) is 0 Å². The van der Waals surface area contributed by atoms with Gasteiger partial charge in [-0.2, -0.15) is 0 Å². The molecule has 2 fully saturated rings. The van der Waals surface area contributed by atoms with E-state index in [0.29, 0.717) is 18.9 Å². The second kappa shape index (κ2) is 4.12. The maximum Gasteiger partial charge on any atom is 0.306 e. The standard InChI is InChI=1S/C11H18O2/c12-11-8-10(6-7-13-11)9-4-2-1-3-5-9/h9-10H,1-8H2/t10-/m1/s1. The molecule has 0 unspecified atom stereocenters. The van der Waals surface area contributed by atoms with Crippen molar-refractivity contribution in [3.05, 3.63) is 0 Å². The number of rotatable bonds is 1. The number of ether oxygens (including phenoxy) is 1. The van der Waals surface area contributed by atoms with E-state index in [4.69, 9.17) is 4.74 Å². The normalized spacial score (nSPS) is 31.4. The molecule has 1 atom stereocenters. The summed E-state index contributed by atoms with van der Waals surface area (Å²) in [7, 11) is 0. The van der Waals surface area contributed by atoms with Gasteiger partial charge in [0.25, 0.3) is 0 Å². The van der Waals surface area contributed by atoms with Crippen LogP contribution in [0.3, 0.4) is 0 Å². The molecule has 0 aromatic heterocycles. The van der Waals surface area contributed by atoms with Gasteiger partial charge < -0.3 is 4.74 Å². The minimum atomic E-state index is 0.0295. The second-order valence-corrected chi connectivity index (χ2v) is 4.37. The summed E-state index contributed by atoms with van der Waals surface area (Å²) in [6.07, 6.45) is 8.62. The first kappa shape index (κ1) is 9.04. The van der Waals surface area contributed by atoms with Crippen molar-refractivity contribution in [3.8, 4) is 0 Å². The van der Waals surface area contributed by atoms with Crippen LogP contribution in [0.2, 0.25) is 0 Å². The van der Waals surface area contributed by atoms with Crippen LogP contribution in [-0.4, -0.2) is 12.6 Å². The molecule has 13 heavy (non-hydrogen) atoms. The molecule has 2 aliphatic rings. The lowest BCUT2D eigenvalue weighted by Crippen LogP contribution is -2.27. The zero-order valence-electron chi connectivity index (χ0n) is 8.13. The zero-order valence-corrected chi connectivity index (χ0v) is 8.13. The summed E-state index contributed by atoms with van der Waals surface area (Å²) in [6.45, 7) is 0.667. The SMILES string of the molecule is O=C1C[C@H](C2CCCCC2)CCO1. The van der Waals surface area contributed by atoms with E-state index < -0.39 is 0 Å². The van der Waals surface area contributed by atoms with Crippen molar-refractivity contribution in [3.63, 3.8) is 0 Å². The Kier molecular flexibility index (Phi) is 2.87. The van der Waals surface area contributed by atoms with E-state index >= 15 is 0 Å². The fraction of sp³-hybridized carbons (Fsp3) is 0.909. The lowest BCUT2D eigenvalue weighted by Gasteiger charge is -2.32. The topological polar surface area (TPSA) is 26.3 Å². The van der Waals surface area contributed by atoms with E-state index in [0.717, 1.165) is 12.3 Å². The van der Waals surface area contributed by atoms with Gasteiger partial charge in [-0.05, 0) is 18.3 Å². The summed E-state index contributed by atoms with van der Waals surface area (Å²) in [6, 6.07) is 0. The fourth-order valence-corrected chi connectivity index (χ4v) is 2.71.